The van der Waals surface area contributed by atoms with Crippen molar-refractivity contribution in [2.75, 3.05) is 0 Å². The third-order valence-corrected chi connectivity index (χ3v) is 3.87. The van der Waals surface area contributed by atoms with Crippen LogP contribution in [0.1, 0.15) is 11.1 Å². The SMILES string of the molecule is S=Pc1ccccc1Cc1ccc(Cl)cc1. The van der Waals surface area contributed by atoms with Gasteiger partial charge in [0.15, 0.2) is 0 Å². The van der Waals surface area contributed by atoms with E-state index in [1.165, 1.54) is 16.4 Å². The monoisotopic (exact) mass is 264 g/mol. The highest BCUT2D eigenvalue weighted by molar-refractivity contribution is 7.99. The second-order valence-corrected chi connectivity index (χ2v) is 5.17. The summed E-state index contributed by atoms with van der Waals surface area (Å²) in [6.07, 6.45) is 0.914. The van der Waals surface area contributed by atoms with Gasteiger partial charge in [-0.3, -0.25) is 0 Å². The molecule has 0 aliphatic heterocycles. The average Bonchev–Trinajstić information content (AvgIpc) is 2.33. The van der Waals surface area contributed by atoms with E-state index in [0.717, 1.165) is 18.8 Å². The van der Waals surface area contributed by atoms with Crippen LogP contribution in [0.2, 0.25) is 5.02 Å². The molecule has 0 radical (unpaired) electrons. The van der Waals surface area contributed by atoms with Crippen molar-refractivity contribution in [3.8, 4) is 0 Å². The highest BCUT2D eigenvalue weighted by Crippen LogP contribution is 2.14. The summed E-state index contributed by atoms with van der Waals surface area (Å²) in [4.78, 5) is 0. The van der Waals surface area contributed by atoms with Crippen molar-refractivity contribution in [2.24, 2.45) is 0 Å². The van der Waals surface area contributed by atoms with Crippen molar-refractivity contribution < 1.29 is 0 Å². The Kier molecular flexibility index (Phi) is 4.06. The lowest BCUT2D eigenvalue weighted by atomic mass is 10.1. The molecule has 0 saturated carbocycles. The van der Waals surface area contributed by atoms with Crippen LogP contribution in [0.3, 0.4) is 0 Å². The van der Waals surface area contributed by atoms with Gasteiger partial charge in [-0.25, -0.2) is 0 Å². The van der Waals surface area contributed by atoms with Gasteiger partial charge in [-0.05, 0) is 35.7 Å². The lowest BCUT2D eigenvalue weighted by Crippen LogP contribution is -2.02. The van der Waals surface area contributed by atoms with Crippen molar-refractivity contribution in [2.45, 2.75) is 6.42 Å². The van der Waals surface area contributed by atoms with Gasteiger partial charge in [-0.2, -0.15) is 0 Å². The molecule has 0 bridgehead atoms. The molecule has 0 heterocycles. The number of benzene rings is 2. The third kappa shape index (κ3) is 2.89. The normalized spacial score (nSPS) is 10.6. The minimum atomic E-state index is 0.776. The van der Waals surface area contributed by atoms with Gasteiger partial charge in [0.1, 0.15) is 0 Å². The average molecular weight is 265 g/mol. The molecule has 0 aliphatic rings. The molecule has 0 fully saturated rings. The Morgan fingerprint density at radius 1 is 1.00 bits per heavy atom. The lowest BCUT2D eigenvalue weighted by molar-refractivity contribution is 1.21. The van der Waals surface area contributed by atoms with Crippen LogP contribution >= 0.6 is 19.0 Å². The molecule has 0 amide bonds. The van der Waals surface area contributed by atoms with E-state index in [0.29, 0.717) is 0 Å². The minimum Gasteiger partial charge on any atom is -0.0843 e. The standard InChI is InChI=1S/C13H10ClPS/c14-12-7-5-10(6-8-12)9-11-3-1-2-4-13(11)15-16/h1-8H,9H2. The van der Waals surface area contributed by atoms with E-state index in [1.807, 2.05) is 18.2 Å². The van der Waals surface area contributed by atoms with Gasteiger partial charge in [-0.15, -0.1) is 0 Å². The molecule has 0 saturated heterocycles. The van der Waals surface area contributed by atoms with E-state index >= 15 is 0 Å². The van der Waals surface area contributed by atoms with Crippen molar-refractivity contribution in [1.29, 1.82) is 0 Å². The van der Waals surface area contributed by atoms with Gasteiger partial charge in [0.05, 0.1) is 0 Å². The Bertz CT molecular complexity index is 494. The van der Waals surface area contributed by atoms with E-state index < -0.39 is 0 Å². The maximum atomic E-state index is 5.86. The van der Waals surface area contributed by atoms with Gasteiger partial charge >= 0.3 is 0 Å². The van der Waals surface area contributed by atoms with Crippen molar-refractivity contribution in [3.63, 3.8) is 0 Å². The first kappa shape index (κ1) is 11.7. The van der Waals surface area contributed by atoms with Crippen LogP contribution in [0.4, 0.5) is 0 Å². The fourth-order valence-corrected chi connectivity index (χ4v) is 2.65. The summed E-state index contributed by atoms with van der Waals surface area (Å²) >= 11 is 10.9. The third-order valence-electron chi connectivity index (χ3n) is 2.40. The minimum absolute atomic E-state index is 0.776. The molecule has 2 aromatic rings. The second kappa shape index (κ2) is 5.54. The highest BCUT2D eigenvalue weighted by Gasteiger charge is 2.01. The van der Waals surface area contributed by atoms with E-state index in [2.05, 4.69) is 30.3 Å². The predicted molar refractivity (Wildman–Crippen MR) is 74.6 cm³/mol. The number of hydrogen-bond donors (Lipinski definition) is 0. The van der Waals surface area contributed by atoms with Crippen molar-refractivity contribution in [1.82, 2.24) is 0 Å². The smallest absolute Gasteiger partial charge is 0.0406 e. The molecule has 0 unspecified atom stereocenters. The summed E-state index contributed by atoms with van der Waals surface area (Å²) in [6, 6.07) is 16.2. The van der Waals surface area contributed by atoms with Gasteiger partial charge in [0.2, 0.25) is 0 Å². The summed E-state index contributed by atoms with van der Waals surface area (Å²) in [5.41, 5.74) is 2.55. The number of hydrogen-bond acceptors (Lipinski definition) is 1. The molecule has 0 nitrogen and oxygen atoms in total. The summed E-state index contributed by atoms with van der Waals surface area (Å²) in [7, 11) is 0.905. The Balaban J connectivity index is 2.26. The maximum absolute atomic E-state index is 5.86. The summed E-state index contributed by atoms with van der Waals surface area (Å²) in [5, 5.41) is 1.99. The van der Waals surface area contributed by atoms with Crippen LogP contribution in [0.15, 0.2) is 48.5 Å². The Morgan fingerprint density at radius 2 is 1.69 bits per heavy atom. The molecule has 0 N–H and O–H groups in total. The van der Waals surface area contributed by atoms with E-state index in [-0.39, 0.29) is 0 Å². The molecule has 0 spiro atoms. The summed E-state index contributed by atoms with van der Waals surface area (Å²) < 4.78 is 0. The summed E-state index contributed by atoms with van der Waals surface area (Å²) in [5.74, 6) is 0. The van der Waals surface area contributed by atoms with Gasteiger partial charge < -0.3 is 0 Å². The molecule has 80 valence electrons. The first-order chi connectivity index (χ1) is 7.79. The molecular weight excluding hydrogens is 255 g/mol. The van der Waals surface area contributed by atoms with Crippen LogP contribution < -0.4 is 5.30 Å². The molecular formula is C13H10ClPS. The fraction of sp³-hybridized carbons (Fsp3) is 0.0769. The van der Waals surface area contributed by atoms with E-state index in [9.17, 15) is 0 Å². The zero-order chi connectivity index (χ0) is 11.4. The van der Waals surface area contributed by atoms with Gasteiger partial charge in [0.25, 0.3) is 0 Å². The molecule has 2 aromatic carbocycles. The van der Waals surface area contributed by atoms with Gasteiger partial charge in [-0.1, -0.05) is 53.7 Å². The van der Waals surface area contributed by atoms with E-state index in [4.69, 9.17) is 23.4 Å². The van der Waals surface area contributed by atoms with Crippen LogP contribution in [0, 0.1) is 0 Å². The molecule has 2 rings (SSSR count). The van der Waals surface area contributed by atoms with Gasteiger partial charge in [0, 0.05) is 17.7 Å². The fourth-order valence-electron chi connectivity index (χ4n) is 1.57. The van der Waals surface area contributed by atoms with E-state index in [1.54, 1.807) is 0 Å². The first-order valence-electron chi connectivity index (χ1n) is 4.95. The summed E-state index contributed by atoms with van der Waals surface area (Å²) in [6.45, 7) is 0. The molecule has 0 aromatic heterocycles. The Morgan fingerprint density at radius 3 is 2.38 bits per heavy atom. The number of rotatable bonds is 3. The van der Waals surface area contributed by atoms with Crippen LogP contribution in [0.5, 0.6) is 0 Å². The molecule has 0 atom stereocenters. The second-order valence-electron chi connectivity index (χ2n) is 3.52. The lowest BCUT2D eigenvalue weighted by Gasteiger charge is -2.05. The van der Waals surface area contributed by atoms with Crippen molar-refractivity contribution in [3.05, 3.63) is 64.7 Å². The number of halogens is 1. The van der Waals surface area contributed by atoms with Crippen LogP contribution in [-0.4, -0.2) is 0 Å². The quantitative estimate of drug-likeness (QED) is 0.756. The topological polar surface area (TPSA) is 0 Å². The Labute approximate surface area is 107 Å². The highest BCUT2D eigenvalue weighted by atomic mass is 35.5. The molecule has 3 heteroatoms. The van der Waals surface area contributed by atoms with Crippen LogP contribution in [0.25, 0.3) is 0 Å². The Hall–Kier alpha value is -0.750. The van der Waals surface area contributed by atoms with Crippen LogP contribution in [-0.2, 0) is 18.2 Å². The molecule has 16 heavy (non-hydrogen) atoms. The largest absolute Gasteiger partial charge is 0.0843 e. The van der Waals surface area contributed by atoms with Crippen molar-refractivity contribution >= 4 is 36.1 Å². The zero-order valence-electron chi connectivity index (χ0n) is 8.56. The predicted octanol–water partition coefficient (Wildman–Crippen LogP) is 3.96. The maximum Gasteiger partial charge on any atom is 0.0406 e. The first-order valence-corrected chi connectivity index (χ1v) is 7.24. The molecule has 0 aliphatic carbocycles. The zero-order valence-corrected chi connectivity index (χ0v) is 11.0.